The van der Waals surface area contributed by atoms with Gasteiger partial charge in [-0.1, -0.05) is 52.5 Å². The molecule has 0 aromatic heterocycles. The third kappa shape index (κ3) is 6.17. The van der Waals surface area contributed by atoms with Gasteiger partial charge in [-0.2, -0.15) is 0 Å². The van der Waals surface area contributed by atoms with Crippen LogP contribution in [0.15, 0.2) is 23.8 Å². The van der Waals surface area contributed by atoms with Crippen LogP contribution >= 0.6 is 0 Å². The molecule has 1 aliphatic carbocycles. The Hall–Kier alpha value is -2.05. The lowest BCUT2D eigenvalue weighted by Crippen LogP contribution is -2.46. The Labute approximate surface area is 223 Å². The van der Waals surface area contributed by atoms with Gasteiger partial charge in [-0.3, -0.25) is 9.69 Å². The minimum Gasteiger partial charge on any atom is -0.508 e. The van der Waals surface area contributed by atoms with Gasteiger partial charge in [-0.25, -0.2) is 0 Å². The number of hydrogen-bond acceptors (Lipinski definition) is 6. The van der Waals surface area contributed by atoms with E-state index >= 15 is 0 Å². The van der Waals surface area contributed by atoms with Crippen molar-refractivity contribution in [1.82, 2.24) is 4.90 Å². The van der Waals surface area contributed by atoms with E-state index in [4.69, 9.17) is 9.47 Å². The number of allylic oxidation sites excluding steroid dienone is 1. The van der Waals surface area contributed by atoms with E-state index in [1.807, 2.05) is 6.07 Å². The van der Waals surface area contributed by atoms with Crippen LogP contribution in [-0.2, 0) is 14.9 Å². The van der Waals surface area contributed by atoms with Crippen LogP contribution in [0.2, 0.25) is 0 Å². The van der Waals surface area contributed by atoms with Crippen molar-refractivity contribution in [3.8, 4) is 11.5 Å². The second kappa shape index (κ2) is 11.4. The molecule has 0 saturated carbocycles. The van der Waals surface area contributed by atoms with Crippen molar-refractivity contribution >= 4 is 6.47 Å². The number of unbranched alkanes of at least 4 members (excludes halogenated alkanes) is 3. The minimum absolute atomic E-state index is 0.0421. The maximum absolute atomic E-state index is 11.3. The highest BCUT2D eigenvalue weighted by Gasteiger charge is 2.47. The summed E-state index contributed by atoms with van der Waals surface area (Å²) >= 11 is 0. The van der Waals surface area contributed by atoms with Gasteiger partial charge in [0.15, 0.2) is 0 Å². The first-order valence-corrected chi connectivity index (χ1v) is 14.3. The predicted molar refractivity (Wildman–Crippen MR) is 146 cm³/mol. The fraction of sp³-hybridized carbons (Fsp3) is 0.710. The third-order valence-corrected chi connectivity index (χ3v) is 9.11. The Bertz CT molecular complexity index is 984. The zero-order valence-electron chi connectivity index (χ0n) is 23.5. The summed E-state index contributed by atoms with van der Waals surface area (Å²) in [7, 11) is 0. The molecule has 0 bridgehead atoms. The molecule has 1 saturated heterocycles. The number of fused-ring (bicyclic) bond motifs is 3. The Kier molecular flexibility index (Phi) is 8.59. The van der Waals surface area contributed by atoms with Gasteiger partial charge in [0.05, 0.1) is 6.10 Å². The number of β-amino-alcohol motifs (C(OH)–C–C–N with tert-alkyl or cyclic N) is 1. The number of phenolic OH excluding ortho intramolecular Hbond substituents is 1. The molecule has 6 heteroatoms. The maximum Gasteiger partial charge on any atom is 0.293 e. The van der Waals surface area contributed by atoms with Crippen LogP contribution in [0.5, 0.6) is 11.5 Å². The Morgan fingerprint density at radius 1 is 1.27 bits per heavy atom. The number of aliphatic hydroxyl groups is 1. The normalized spacial score (nSPS) is 26.0. The van der Waals surface area contributed by atoms with E-state index < -0.39 is 6.10 Å². The van der Waals surface area contributed by atoms with Gasteiger partial charge in [0.25, 0.3) is 6.47 Å². The molecule has 1 aromatic rings. The van der Waals surface area contributed by atoms with E-state index in [0.29, 0.717) is 31.7 Å². The van der Waals surface area contributed by atoms with E-state index in [1.165, 1.54) is 25.7 Å². The first-order valence-electron chi connectivity index (χ1n) is 14.3. The summed E-state index contributed by atoms with van der Waals surface area (Å²) in [4.78, 5) is 12.8. The quantitative estimate of drug-likeness (QED) is 0.220. The molecule has 2 N–H and O–H groups in total. The lowest BCUT2D eigenvalue weighted by molar-refractivity contribution is -0.132. The Morgan fingerprint density at radius 2 is 2.05 bits per heavy atom. The van der Waals surface area contributed by atoms with Crippen LogP contribution in [0.3, 0.4) is 0 Å². The van der Waals surface area contributed by atoms with Crippen LogP contribution in [0, 0.1) is 5.92 Å². The van der Waals surface area contributed by atoms with Crippen molar-refractivity contribution in [2.75, 3.05) is 19.6 Å². The highest BCUT2D eigenvalue weighted by Crippen LogP contribution is 2.55. The highest BCUT2D eigenvalue weighted by atomic mass is 16.5. The molecule has 37 heavy (non-hydrogen) atoms. The molecule has 1 fully saturated rings. The molecule has 6 nitrogen and oxygen atoms in total. The van der Waals surface area contributed by atoms with Crippen molar-refractivity contribution < 1.29 is 24.5 Å². The number of carbonyl (C=O) groups is 1. The number of ether oxygens (including phenoxy) is 2. The number of likely N-dealkylation sites (tertiary alicyclic amines) is 1. The first-order chi connectivity index (χ1) is 17.6. The summed E-state index contributed by atoms with van der Waals surface area (Å²) in [5.41, 5.74) is 2.65. The monoisotopic (exact) mass is 513 g/mol. The summed E-state index contributed by atoms with van der Waals surface area (Å²) in [6, 6.07) is 4.13. The summed E-state index contributed by atoms with van der Waals surface area (Å²) in [5.74, 6) is 1.45. The minimum atomic E-state index is -0.575. The van der Waals surface area contributed by atoms with Gasteiger partial charge in [0.1, 0.15) is 23.2 Å². The SMILES string of the molecule is CCCCCCC(C)(C)c1cc(O)c2c(c1)OC(C)(C)[C@@H]1CC=C(C(O)CN3CCC(OC=O)C3)CC21. The van der Waals surface area contributed by atoms with E-state index in [-0.39, 0.29) is 29.0 Å². The van der Waals surface area contributed by atoms with E-state index in [9.17, 15) is 15.0 Å². The number of aromatic hydroxyl groups is 1. The Morgan fingerprint density at radius 3 is 2.78 bits per heavy atom. The number of rotatable bonds is 11. The summed E-state index contributed by atoms with van der Waals surface area (Å²) in [6.45, 7) is 13.6. The largest absolute Gasteiger partial charge is 0.508 e. The van der Waals surface area contributed by atoms with Gasteiger partial charge >= 0.3 is 0 Å². The predicted octanol–water partition coefficient (Wildman–Crippen LogP) is 5.84. The van der Waals surface area contributed by atoms with Crippen LogP contribution in [-0.4, -0.2) is 59.0 Å². The molecule has 2 heterocycles. The highest BCUT2D eigenvalue weighted by molar-refractivity contribution is 5.54. The second-order valence-corrected chi connectivity index (χ2v) is 12.7. The average Bonchev–Trinajstić information content (AvgIpc) is 3.27. The van der Waals surface area contributed by atoms with Crippen molar-refractivity contribution in [2.24, 2.45) is 5.92 Å². The molecule has 3 aliphatic rings. The third-order valence-electron chi connectivity index (χ3n) is 9.11. The number of phenols is 1. The lowest BCUT2D eigenvalue weighted by atomic mass is 9.66. The molecule has 2 aliphatic heterocycles. The topological polar surface area (TPSA) is 79.2 Å². The van der Waals surface area contributed by atoms with Gasteiger partial charge in [-0.05, 0) is 68.2 Å². The Balaban J connectivity index is 1.52. The molecular formula is C31H47NO5. The van der Waals surface area contributed by atoms with Gasteiger partial charge in [0.2, 0.25) is 0 Å². The number of nitrogens with zero attached hydrogens (tertiary/aromatic N) is 1. The summed E-state index contributed by atoms with van der Waals surface area (Å²) in [5, 5.41) is 22.5. The van der Waals surface area contributed by atoms with E-state index in [2.05, 4.69) is 51.7 Å². The maximum atomic E-state index is 11.3. The molecule has 0 amide bonds. The van der Waals surface area contributed by atoms with E-state index in [0.717, 1.165) is 48.3 Å². The standard InChI is InChI=1S/C31H47NO5/c1-6-7-8-9-13-30(2,3)22-16-26(34)29-24-15-21(10-11-25(24)31(4,5)37-28(29)17-22)27(35)19-32-14-12-23(18-32)36-20-33/h10,16-17,20,23-25,27,34-35H,6-9,11-15,18-19H2,1-5H3/t23?,24?,25-,27?/m1/s1. The number of aliphatic hydroxyl groups excluding tert-OH is 1. The molecule has 3 unspecified atom stereocenters. The molecule has 206 valence electrons. The van der Waals surface area contributed by atoms with Crippen LogP contribution in [0.25, 0.3) is 0 Å². The number of carbonyl (C=O) groups excluding carboxylic acids is 1. The van der Waals surface area contributed by atoms with E-state index in [1.54, 1.807) is 0 Å². The fourth-order valence-electron chi connectivity index (χ4n) is 6.74. The fourth-order valence-corrected chi connectivity index (χ4v) is 6.74. The lowest BCUT2D eigenvalue weighted by Gasteiger charge is -2.48. The summed E-state index contributed by atoms with van der Waals surface area (Å²) in [6.07, 6.45) is 9.84. The first kappa shape index (κ1) is 28.0. The molecular weight excluding hydrogens is 466 g/mol. The second-order valence-electron chi connectivity index (χ2n) is 12.7. The molecule has 4 atom stereocenters. The van der Waals surface area contributed by atoms with Gasteiger partial charge < -0.3 is 19.7 Å². The zero-order valence-corrected chi connectivity index (χ0v) is 23.5. The number of hydrogen-bond donors (Lipinski definition) is 2. The number of benzene rings is 1. The van der Waals surface area contributed by atoms with Gasteiger partial charge in [0, 0.05) is 37.0 Å². The summed E-state index contributed by atoms with van der Waals surface area (Å²) < 4.78 is 11.7. The molecule has 0 radical (unpaired) electrons. The molecule has 4 rings (SSSR count). The van der Waals surface area contributed by atoms with Crippen molar-refractivity contribution in [1.29, 1.82) is 0 Å². The molecule has 1 aromatic carbocycles. The van der Waals surface area contributed by atoms with Crippen LogP contribution < -0.4 is 4.74 Å². The zero-order chi connectivity index (χ0) is 26.8. The van der Waals surface area contributed by atoms with Crippen LogP contribution in [0.4, 0.5) is 0 Å². The van der Waals surface area contributed by atoms with Crippen LogP contribution in [0.1, 0.15) is 103 Å². The van der Waals surface area contributed by atoms with Gasteiger partial charge in [-0.15, -0.1) is 0 Å². The van der Waals surface area contributed by atoms with Crippen molar-refractivity contribution in [3.63, 3.8) is 0 Å². The smallest absolute Gasteiger partial charge is 0.293 e. The van der Waals surface area contributed by atoms with Crippen molar-refractivity contribution in [2.45, 2.75) is 115 Å². The molecule has 0 spiro atoms. The van der Waals surface area contributed by atoms with Crippen molar-refractivity contribution in [3.05, 3.63) is 34.9 Å². The average molecular weight is 514 g/mol.